The summed E-state index contributed by atoms with van der Waals surface area (Å²) in [6.45, 7) is 2.15. The lowest BCUT2D eigenvalue weighted by atomic mass is 10.0. The Hall–Kier alpha value is -1.82. The molecule has 2 aromatic rings. The molecule has 1 aromatic carbocycles. The normalized spacial score (nSPS) is 19.3. The van der Waals surface area contributed by atoms with Crippen molar-refractivity contribution < 1.29 is 4.79 Å². The maximum absolute atomic E-state index is 12.7. The first-order valence-electron chi connectivity index (χ1n) is 10.3. The number of carbonyl (C=O) groups excluding carboxylic acids is 1. The minimum Gasteiger partial charge on any atom is -0.341 e. The van der Waals surface area contributed by atoms with Gasteiger partial charge in [0.2, 0.25) is 5.95 Å². The average molecular weight is 383 g/mol. The van der Waals surface area contributed by atoms with Crippen molar-refractivity contribution >= 4 is 23.5 Å². The number of ketones is 1. The molecule has 5 nitrogen and oxygen atoms in total. The highest BCUT2D eigenvalue weighted by atomic mass is 32.2. The highest BCUT2D eigenvalue weighted by molar-refractivity contribution is 7.99. The Morgan fingerprint density at radius 1 is 1.04 bits per heavy atom. The summed E-state index contributed by atoms with van der Waals surface area (Å²) < 4.78 is 2.30. The maximum Gasteiger partial charge on any atom is 0.228 e. The molecule has 0 unspecified atom stereocenters. The number of hydrogen-bond donors (Lipinski definition) is 0. The Morgan fingerprint density at radius 3 is 2.67 bits per heavy atom. The van der Waals surface area contributed by atoms with E-state index in [0.717, 1.165) is 42.6 Å². The fraction of sp³-hybridized carbons (Fsp3) is 0.571. The van der Waals surface area contributed by atoms with Crippen LogP contribution in [-0.2, 0) is 12.8 Å². The molecule has 5 rings (SSSR count). The van der Waals surface area contributed by atoms with E-state index in [9.17, 15) is 4.79 Å². The lowest BCUT2D eigenvalue weighted by molar-refractivity contribution is 0.102. The zero-order valence-electron chi connectivity index (χ0n) is 15.7. The summed E-state index contributed by atoms with van der Waals surface area (Å²) >= 11 is 1.55. The van der Waals surface area contributed by atoms with Crippen LogP contribution in [0.15, 0.2) is 23.4 Å². The minimum atomic E-state index is 0.194. The molecule has 6 heteroatoms. The van der Waals surface area contributed by atoms with Gasteiger partial charge in [0.15, 0.2) is 10.9 Å². The van der Waals surface area contributed by atoms with Crippen LogP contribution in [0.2, 0.25) is 0 Å². The highest BCUT2D eigenvalue weighted by Gasteiger charge is 2.32. The molecule has 2 fully saturated rings. The molecule has 0 radical (unpaired) electrons. The number of carbonyl (C=O) groups is 1. The maximum atomic E-state index is 12.7. The number of aryl methyl sites for hydroxylation is 2. The van der Waals surface area contributed by atoms with E-state index in [2.05, 4.69) is 31.8 Å². The predicted molar refractivity (Wildman–Crippen MR) is 108 cm³/mol. The van der Waals surface area contributed by atoms with E-state index in [0.29, 0.717) is 11.8 Å². The zero-order chi connectivity index (χ0) is 18.2. The fourth-order valence-corrected chi connectivity index (χ4v) is 5.18. The molecular weight excluding hydrogens is 356 g/mol. The van der Waals surface area contributed by atoms with Crippen molar-refractivity contribution in [3.63, 3.8) is 0 Å². The minimum absolute atomic E-state index is 0.194. The Bertz CT molecular complexity index is 852. The van der Waals surface area contributed by atoms with Gasteiger partial charge in [-0.25, -0.2) is 0 Å². The third kappa shape index (κ3) is 3.51. The van der Waals surface area contributed by atoms with Crippen molar-refractivity contribution in [2.75, 3.05) is 23.7 Å². The van der Waals surface area contributed by atoms with Gasteiger partial charge >= 0.3 is 0 Å². The molecule has 1 aliphatic heterocycles. The number of Topliss-reactive ketones (excluding diaryl/α,β-unsaturated/α-hetero) is 1. The van der Waals surface area contributed by atoms with Crippen LogP contribution in [0.25, 0.3) is 0 Å². The first kappa shape index (κ1) is 17.3. The summed E-state index contributed by atoms with van der Waals surface area (Å²) in [4.78, 5) is 15.1. The molecule has 142 valence electrons. The molecule has 1 saturated heterocycles. The third-order valence-corrected chi connectivity index (χ3v) is 6.89. The Labute approximate surface area is 164 Å². The molecule has 0 spiro atoms. The second-order valence-corrected chi connectivity index (χ2v) is 8.92. The van der Waals surface area contributed by atoms with Crippen molar-refractivity contribution in [1.29, 1.82) is 0 Å². The standard InChI is InChI=1S/C21H26N4OS/c26-19(17-8-7-15-5-4-6-16(15)13-17)14-27-21-23-22-20(25(21)18-9-10-18)24-11-2-1-3-12-24/h7-8,13,18H,1-6,9-12,14H2. The van der Waals surface area contributed by atoms with Gasteiger partial charge in [-0.05, 0) is 68.6 Å². The quantitative estimate of drug-likeness (QED) is 0.557. The monoisotopic (exact) mass is 382 g/mol. The smallest absolute Gasteiger partial charge is 0.228 e. The van der Waals surface area contributed by atoms with Gasteiger partial charge in [-0.3, -0.25) is 9.36 Å². The van der Waals surface area contributed by atoms with Gasteiger partial charge in [-0.2, -0.15) is 0 Å². The molecule has 3 aliphatic rings. The van der Waals surface area contributed by atoms with Gasteiger partial charge in [0.05, 0.1) is 5.75 Å². The van der Waals surface area contributed by atoms with Crippen molar-refractivity contribution in [2.45, 2.75) is 62.6 Å². The number of aromatic nitrogens is 3. The van der Waals surface area contributed by atoms with Crippen molar-refractivity contribution in [2.24, 2.45) is 0 Å². The first-order valence-corrected chi connectivity index (χ1v) is 11.3. The molecule has 0 N–H and O–H groups in total. The summed E-state index contributed by atoms with van der Waals surface area (Å²) in [6.07, 6.45) is 9.65. The van der Waals surface area contributed by atoms with Crippen LogP contribution in [-0.4, -0.2) is 39.4 Å². The van der Waals surface area contributed by atoms with E-state index in [-0.39, 0.29) is 5.78 Å². The van der Waals surface area contributed by atoms with E-state index < -0.39 is 0 Å². The highest BCUT2D eigenvalue weighted by Crippen LogP contribution is 2.41. The summed E-state index contributed by atoms with van der Waals surface area (Å²) in [7, 11) is 0. The first-order chi connectivity index (χ1) is 13.3. The van der Waals surface area contributed by atoms with Gasteiger partial charge in [0, 0.05) is 24.7 Å². The fourth-order valence-electron chi connectivity index (χ4n) is 4.29. The van der Waals surface area contributed by atoms with Crippen LogP contribution in [0.4, 0.5) is 5.95 Å². The molecule has 2 aliphatic carbocycles. The molecule has 0 bridgehead atoms. The topological polar surface area (TPSA) is 51.0 Å². The third-order valence-electron chi connectivity index (χ3n) is 5.95. The molecule has 0 amide bonds. The number of anilines is 1. The zero-order valence-corrected chi connectivity index (χ0v) is 16.5. The van der Waals surface area contributed by atoms with Crippen molar-refractivity contribution in [3.05, 3.63) is 34.9 Å². The van der Waals surface area contributed by atoms with E-state index in [4.69, 9.17) is 0 Å². The van der Waals surface area contributed by atoms with Crippen LogP contribution in [0, 0.1) is 0 Å². The van der Waals surface area contributed by atoms with Gasteiger partial charge in [0.1, 0.15) is 0 Å². The van der Waals surface area contributed by atoms with Crippen molar-refractivity contribution in [1.82, 2.24) is 14.8 Å². The van der Waals surface area contributed by atoms with Crippen LogP contribution < -0.4 is 4.90 Å². The number of rotatable bonds is 6. The SMILES string of the molecule is O=C(CSc1nnc(N2CCCCC2)n1C1CC1)c1ccc2c(c1)CCC2. The lowest BCUT2D eigenvalue weighted by Gasteiger charge is -2.27. The lowest BCUT2D eigenvalue weighted by Crippen LogP contribution is -2.31. The average Bonchev–Trinajstić information content (AvgIpc) is 3.28. The van der Waals surface area contributed by atoms with Gasteiger partial charge in [-0.1, -0.05) is 23.9 Å². The Kier molecular flexibility index (Phi) is 4.68. The van der Waals surface area contributed by atoms with E-state index in [1.807, 2.05) is 6.07 Å². The number of fused-ring (bicyclic) bond motifs is 1. The van der Waals surface area contributed by atoms with Crippen LogP contribution in [0.1, 0.15) is 66.1 Å². The molecule has 1 saturated carbocycles. The largest absolute Gasteiger partial charge is 0.341 e. The number of piperidine rings is 1. The summed E-state index contributed by atoms with van der Waals surface area (Å²) in [5.41, 5.74) is 3.62. The molecule has 1 aromatic heterocycles. The molecule has 27 heavy (non-hydrogen) atoms. The van der Waals surface area contributed by atoms with Gasteiger partial charge < -0.3 is 4.90 Å². The number of thioether (sulfide) groups is 1. The van der Waals surface area contributed by atoms with E-state index >= 15 is 0 Å². The summed E-state index contributed by atoms with van der Waals surface area (Å²) in [6, 6.07) is 6.77. The van der Waals surface area contributed by atoms with Crippen LogP contribution in [0.5, 0.6) is 0 Å². The van der Waals surface area contributed by atoms with Crippen molar-refractivity contribution in [3.8, 4) is 0 Å². The number of benzene rings is 1. The summed E-state index contributed by atoms with van der Waals surface area (Å²) in [5, 5.41) is 9.87. The summed E-state index contributed by atoms with van der Waals surface area (Å²) in [5.74, 6) is 1.65. The number of hydrogen-bond acceptors (Lipinski definition) is 5. The predicted octanol–water partition coefficient (Wildman–Crippen LogP) is 4.07. The second kappa shape index (κ2) is 7.30. The Balaban J connectivity index is 1.30. The number of nitrogens with zero attached hydrogens (tertiary/aromatic N) is 4. The molecular formula is C21H26N4OS. The Morgan fingerprint density at radius 2 is 1.85 bits per heavy atom. The second-order valence-electron chi connectivity index (χ2n) is 7.98. The molecule has 0 atom stereocenters. The van der Waals surface area contributed by atoms with E-state index in [1.165, 1.54) is 49.7 Å². The van der Waals surface area contributed by atoms with E-state index in [1.54, 1.807) is 11.8 Å². The molecule has 2 heterocycles. The van der Waals surface area contributed by atoms with Gasteiger partial charge in [0.25, 0.3) is 0 Å². The van der Waals surface area contributed by atoms with Crippen LogP contribution >= 0.6 is 11.8 Å². The van der Waals surface area contributed by atoms with Gasteiger partial charge in [-0.15, -0.1) is 10.2 Å². The van der Waals surface area contributed by atoms with Crippen LogP contribution in [0.3, 0.4) is 0 Å².